The first-order chi connectivity index (χ1) is 14.6. The highest BCUT2D eigenvalue weighted by molar-refractivity contribution is 7.99. The first-order valence-electron chi connectivity index (χ1n) is 10.2. The topological polar surface area (TPSA) is 25.8 Å². The number of hydrogen-bond donors (Lipinski definition) is 0. The number of pyridine rings is 2. The molecule has 0 saturated heterocycles. The molecule has 0 amide bonds. The molecular formula is C27H20N2S. The molecule has 3 aromatic carbocycles. The molecule has 0 radical (unpaired) electrons. The molecular weight excluding hydrogens is 384 g/mol. The molecule has 6 rings (SSSR count). The third-order valence-electron chi connectivity index (χ3n) is 6.16. The summed E-state index contributed by atoms with van der Waals surface area (Å²) in [6.07, 6.45) is 1.84. The largest absolute Gasteiger partial charge is 0.254 e. The van der Waals surface area contributed by atoms with E-state index in [0.717, 1.165) is 33.1 Å². The zero-order valence-corrected chi connectivity index (χ0v) is 17.7. The molecule has 0 spiro atoms. The van der Waals surface area contributed by atoms with E-state index in [9.17, 15) is 0 Å². The van der Waals surface area contributed by atoms with E-state index < -0.39 is 0 Å². The van der Waals surface area contributed by atoms with E-state index in [2.05, 4.69) is 91.6 Å². The summed E-state index contributed by atoms with van der Waals surface area (Å²) >= 11 is 1.86. The van der Waals surface area contributed by atoms with Gasteiger partial charge < -0.3 is 0 Å². The van der Waals surface area contributed by atoms with Gasteiger partial charge in [-0.25, -0.2) is 4.98 Å². The Bertz CT molecular complexity index is 1450. The van der Waals surface area contributed by atoms with Crippen LogP contribution in [-0.4, -0.2) is 9.97 Å². The molecule has 0 atom stereocenters. The van der Waals surface area contributed by atoms with Crippen molar-refractivity contribution in [3.63, 3.8) is 0 Å². The first-order valence-corrected chi connectivity index (χ1v) is 11.0. The van der Waals surface area contributed by atoms with E-state index in [0.29, 0.717) is 0 Å². The van der Waals surface area contributed by atoms with Gasteiger partial charge in [0.15, 0.2) is 0 Å². The van der Waals surface area contributed by atoms with Crippen LogP contribution in [0.2, 0.25) is 0 Å². The molecule has 0 aliphatic carbocycles. The molecule has 0 N–H and O–H groups in total. The summed E-state index contributed by atoms with van der Waals surface area (Å²) < 4.78 is 0. The Morgan fingerprint density at radius 1 is 0.700 bits per heavy atom. The van der Waals surface area contributed by atoms with Crippen LogP contribution in [0.1, 0.15) is 25.0 Å². The molecule has 3 heteroatoms. The first kappa shape index (κ1) is 17.7. The second kappa shape index (κ2) is 6.41. The van der Waals surface area contributed by atoms with Crippen molar-refractivity contribution in [1.29, 1.82) is 0 Å². The second-order valence-electron chi connectivity index (χ2n) is 8.34. The minimum absolute atomic E-state index is 0.0434. The van der Waals surface area contributed by atoms with Crippen LogP contribution < -0.4 is 0 Å². The van der Waals surface area contributed by atoms with Gasteiger partial charge in [-0.15, -0.1) is 0 Å². The van der Waals surface area contributed by atoms with E-state index in [1.54, 1.807) is 0 Å². The van der Waals surface area contributed by atoms with Gasteiger partial charge in [-0.1, -0.05) is 74.1 Å². The lowest BCUT2D eigenvalue weighted by Crippen LogP contribution is -2.23. The summed E-state index contributed by atoms with van der Waals surface area (Å²) in [6, 6.07) is 28.1. The quantitative estimate of drug-likeness (QED) is 0.275. The summed E-state index contributed by atoms with van der Waals surface area (Å²) in [5.74, 6) is 0. The number of hydrogen-bond acceptors (Lipinski definition) is 3. The molecule has 144 valence electrons. The van der Waals surface area contributed by atoms with Gasteiger partial charge in [-0.2, -0.15) is 0 Å². The summed E-state index contributed by atoms with van der Waals surface area (Å²) in [4.78, 5) is 12.3. The van der Waals surface area contributed by atoms with Gasteiger partial charge in [0.1, 0.15) is 0 Å². The molecule has 0 fully saturated rings. The van der Waals surface area contributed by atoms with Crippen LogP contribution >= 0.6 is 11.8 Å². The van der Waals surface area contributed by atoms with Crippen LogP contribution in [0.4, 0.5) is 0 Å². The SMILES string of the molecule is CC1(C)c2ccccc2Sc2ccc(-c3ccc4ccc5cccnc5c4n3)cc21. The summed E-state index contributed by atoms with van der Waals surface area (Å²) in [6.45, 7) is 4.64. The van der Waals surface area contributed by atoms with Gasteiger partial charge in [0.05, 0.1) is 16.7 Å². The van der Waals surface area contributed by atoms with E-state index >= 15 is 0 Å². The van der Waals surface area contributed by atoms with Crippen molar-refractivity contribution >= 4 is 33.6 Å². The minimum Gasteiger partial charge on any atom is -0.254 e. The molecule has 1 aliphatic heterocycles. The average Bonchev–Trinajstić information content (AvgIpc) is 2.79. The Morgan fingerprint density at radius 2 is 1.47 bits per heavy atom. The normalized spacial score (nSPS) is 14.5. The molecule has 0 unspecified atom stereocenters. The molecule has 30 heavy (non-hydrogen) atoms. The maximum Gasteiger partial charge on any atom is 0.0972 e. The Labute approximate surface area is 180 Å². The lowest BCUT2D eigenvalue weighted by atomic mass is 9.77. The summed E-state index contributed by atoms with van der Waals surface area (Å²) in [5, 5.41) is 2.24. The van der Waals surface area contributed by atoms with E-state index in [-0.39, 0.29) is 5.41 Å². The predicted octanol–water partition coefficient (Wildman–Crippen LogP) is 7.24. The maximum atomic E-state index is 5.05. The highest BCUT2D eigenvalue weighted by Gasteiger charge is 2.33. The van der Waals surface area contributed by atoms with Crippen molar-refractivity contribution < 1.29 is 0 Å². The number of fused-ring (bicyclic) bond motifs is 5. The predicted molar refractivity (Wildman–Crippen MR) is 125 cm³/mol. The van der Waals surface area contributed by atoms with E-state index in [1.807, 2.05) is 24.0 Å². The highest BCUT2D eigenvalue weighted by Crippen LogP contribution is 2.49. The fourth-order valence-electron chi connectivity index (χ4n) is 4.49. The van der Waals surface area contributed by atoms with Crippen molar-refractivity contribution in [1.82, 2.24) is 9.97 Å². The lowest BCUT2D eigenvalue weighted by Gasteiger charge is -2.34. The van der Waals surface area contributed by atoms with Gasteiger partial charge in [0.25, 0.3) is 0 Å². The van der Waals surface area contributed by atoms with Crippen molar-refractivity contribution in [2.75, 3.05) is 0 Å². The average molecular weight is 405 g/mol. The van der Waals surface area contributed by atoms with Crippen LogP contribution in [0.5, 0.6) is 0 Å². The van der Waals surface area contributed by atoms with E-state index in [1.165, 1.54) is 20.9 Å². The molecule has 2 nitrogen and oxygen atoms in total. The van der Waals surface area contributed by atoms with Gasteiger partial charge in [-0.3, -0.25) is 4.98 Å². The third-order valence-corrected chi connectivity index (χ3v) is 7.31. The third kappa shape index (κ3) is 2.59. The Hall–Kier alpha value is -3.17. The Morgan fingerprint density at radius 3 is 2.37 bits per heavy atom. The fourth-order valence-corrected chi connectivity index (χ4v) is 5.86. The van der Waals surface area contributed by atoms with Gasteiger partial charge in [0, 0.05) is 37.7 Å². The number of benzene rings is 3. The van der Waals surface area contributed by atoms with Crippen molar-refractivity contribution in [2.45, 2.75) is 29.1 Å². The number of nitrogens with zero attached hydrogens (tertiary/aromatic N) is 2. The lowest BCUT2D eigenvalue weighted by molar-refractivity contribution is 0.607. The molecule has 1 aliphatic rings. The van der Waals surface area contributed by atoms with Gasteiger partial charge >= 0.3 is 0 Å². The fraction of sp³-hybridized carbons (Fsp3) is 0.111. The zero-order valence-electron chi connectivity index (χ0n) is 16.9. The van der Waals surface area contributed by atoms with E-state index in [4.69, 9.17) is 4.98 Å². The van der Waals surface area contributed by atoms with Crippen LogP contribution in [0.25, 0.3) is 33.1 Å². The van der Waals surface area contributed by atoms with Crippen LogP contribution in [0, 0.1) is 0 Å². The Balaban J connectivity index is 1.53. The molecule has 0 bridgehead atoms. The highest BCUT2D eigenvalue weighted by atomic mass is 32.2. The second-order valence-corrected chi connectivity index (χ2v) is 9.43. The molecule has 0 saturated carbocycles. The molecule has 5 aromatic rings. The van der Waals surface area contributed by atoms with Gasteiger partial charge in [-0.05, 0) is 41.5 Å². The molecule has 2 aromatic heterocycles. The Kier molecular flexibility index (Phi) is 3.78. The van der Waals surface area contributed by atoms with Crippen molar-refractivity contribution in [3.8, 4) is 11.3 Å². The van der Waals surface area contributed by atoms with Crippen molar-refractivity contribution in [2.24, 2.45) is 0 Å². The standard InChI is InChI=1S/C27H20N2S/c1-27(2)20-7-3-4-8-23(20)30-24-14-12-19(16-21(24)27)22-13-11-18-10-9-17-6-5-15-28-25(17)26(18)29-22/h3-16H,1-2H3. The van der Waals surface area contributed by atoms with Gasteiger partial charge in [0.2, 0.25) is 0 Å². The number of aromatic nitrogens is 2. The van der Waals surface area contributed by atoms with Crippen LogP contribution in [0.3, 0.4) is 0 Å². The molecule has 3 heterocycles. The smallest absolute Gasteiger partial charge is 0.0972 e. The summed E-state index contributed by atoms with van der Waals surface area (Å²) in [5.41, 5.74) is 6.77. The monoisotopic (exact) mass is 404 g/mol. The number of rotatable bonds is 1. The van der Waals surface area contributed by atoms with Crippen molar-refractivity contribution in [3.05, 3.63) is 96.2 Å². The maximum absolute atomic E-state index is 5.05. The van der Waals surface area contributed by atoms with Crippen LogP contribution in [0.15, 0.2) is 94.9 Å². The van der Waals surface area contributed by atoms with Crippen LogP contribution in [-0.2, 0) is 5.41 Å². The minimum atomic E-state index is -0.0434. The summed E-state index contributed by atoms with van der Waals surface area (Å²) in [7, 11) is 0. The zero-order chi connectivity index (χ0) is 20.3.